The molecule has 1 aliphatic heterocycles. The number of benzene rings is 3. The van der Waals surface area contributed by atoms with Crippen LogP contribution >= 0.6 is 0 Å². The van der Waals surface area contributed by atoms with Gasteiger partial charge < -0.3 is 14.8 Å². The zero-order chi connectivity index (χ0) is 25.5. The molecule has 184 valence electrons. The highest BCUT2D eigenvalue weighted by atomic mass is 16.5. The smallest absolute Gasteiger partial charge is 0.329 e. The summed E-state index contributed by atoms with van der Waals surface area (Å²) in [5.74, 6) is -1.11. The summed E-state index contributed by atoms with van der Waals surface area (Å²) in [7, 11) is 0. The van der Waals surface area contributed by atoms with E-state index in [0.717, 1.165) is 11.3 Å². The van der Waals surface area contributed by atoms with Crippen LogP contribution in [0.15, 0.2) is 78.9 Å². The fourth-order valence-electron chi connectivity index (χ4n) is 3.90. The van der Waals surface area contributed by atoms with Gasteiger partial charge in [0.25, 0.3) is 17.7 Å². The fourth-order valence-corrected chi connectivity index (χ4v) is 3.90. The third-order valence-corrected chi connectivity index (χ3v) is 5.70. The van der Waals surface area contributed by atoms with Gasteiger partial charge in [0.2, 0.25) is 0 Å². The van der Waals surface area contributed by atoms with Crippen LogP contribution in [-0.4, -0.2) is 41.2 Å². The lowest BCUT2D eigenvalue weighted by Crippen LogP contribution is -2.46. The Labute approximate surface area is 208 Å². The maximum Gasteiger partial charge on any atom is 0.329 e. The maximum atomic E-state index is 12.9. The van der Waals surface area contributed by atoms with Crippen LogP contribution in [0.1, 0.15) is 46.9 Å². The summed E-state index contributed by atoms with van der Waals surface area (Å²) >= 11 is 0. The van der Waals surface area contributed by atoms with E-state index in [4.69, 9.17) is 9.47 Å². The van der Waals surface area contributed by atoms with Gasteiger partial charge >= 0.3 is 5.97 Å². The summed E-state index contributed by atoms with van der Waals surface area (Å²) in [6.45, 7) is 1.39. The first kappa shape index (κ1) is 24.7. The molecular formula is C28H26N2O6. The van der Waals surface area contributed by atoms with Crippen molar-refractivity contribution in [3.63, 3.8) is 0 Å². The molecule has 1 atom stereocenters. The Bertz CT molecular complexity index is 1220. The lowest BCUT2D eigenvalue weighted by atomic mass is 10.1. The Morgan fingerprint density at radius 3 is 2.03 bits per heavy atom. The summed E-state index contributed by atoms with van der Waals surface area (Å²) in [6.07, 6.45) is 1.62. The Hall–Kier alpha value is -4.46. The SMILES string of the molecule is CCCC[C@@H](C(=O)OCC(=O)Nc1ccc(Oc2ccccc2)cc1)N1C(=O)c2ccccc2C1=O. The van der Waals surface area contributed by atoms with Crippen molar-refractivity contribution in [2.24, 2.45) is 0 Å². The van der Waals surface area contributed by atoms with Crippen LogP contribution in [-0.2, 0) is 14.3 Å². The van der Waals surface area contributed by atoms with Gasteiger partial charge in [-0.25, -0.2) is 4.79 Å². The van der Waals surface area contributed by atoms with E-state index in [9.17, 15) is 19.2 Å². The molecule has 8 heteroatoms. The predicted octanol–water partition coefficient (Wildman–Crippen LogP) is 4.82. The summed E-state index contributed by atoms with van der Waals surface area (Å²) in [5, 5.41) is 2.65. The summed E-state index contributed by atoms with van der Waals surface area (Å²) in [6, 6.07) is 21.4. The second-order valence-electron chi connectivity index (χ2n) is 8.28. The van der Waals surface area contributed by atoms with Crippen molar-refractivity contribution in [2.75, 3.05) is 11.9 Å². The number of carbonyl (C=O) groups excluding carboxylic acids is 4. The molecule has 3 aromatic rings. The Balaban J connectivity index is 1.34. The lowest BCUT2D eigenvalue weighted by Gasteiger charge is -2.24. The molecule has 3 aromatic carbocycles. The normalized spacial score (nSPS) is 13.2. The molecule has 1 heterocycles. The minimum absolute atomic E-state index is 0.255. The van der Waals surface area contributed by atoms with Gasteiger partial charge in [-0.2, -0.15) is 0 Å². The fraction of sp³-hybridized carbons (Fsp3) is 0.214. The van der Waals surface area contributed by atoms with Gasteiger partial charge in [0.05, 0.1) is 11.1 Å². The summed E-state index contributed by atoms with van der Waals surface area (Å²) in [5.41, 5.74) is 1.02. The molecule has 0 aromatic heterocycles. The number of nitrogens with zero attached hydrogens (tertiary/aromatic N) is 1. The van der Waals surface area contributed by atoms with Crippen LogP contribution in [0.4, 0.5) is 5.69 Å². The number of nitrogens with one attached hydrogen (secondary N) is 1. The molecule has 3 amide bonds. The first-order valence-electron chi connectivity index (χ1n) is 11.7. The van der Waals surface area contributed by atoms with Crippen molar-refractivity contribution in [1.29, 1.82) is 0 Å². The number of amides is 3. The molecule has 0 saturated carbocycles. The molecule has 0 spiro atoms. The van der Waals surface area contributed by atoms with E-state index in [0.29, 0.717) is 23.6 Å². The number of para-hydroxylation sites is 1. The molecule has 1 aliphatic rings. The van der Waals surface area contributed by atoms with Gasteiger partial charge in [-0.3, -0.25) is 19.3 Å². The molecule has 8 nitrogen and oxygen atoms in total. The number of esters is 1. The Morgan fingerprint density at radius 1 is 0.833 bits per heavy atom. The van der Waals surface area contributed by atoms with E-state index < -0.39 is 36.3 Å². The molecule has 1 N–H and O–H groups in total. The van der Waals surface area contributed by atoms with Crippen LogP contribution in [0.5, 0.6) is 11.5 Å². The number of hydrogen-bond acceptors (Lipinski definition) is 6. The molecule has 0 aliphatic carbocycles. The standard InChI is InChI=1S/C28H26N2O6/c1-2-3-13-24(30-26(32)22-11-7-8-12-23(22)27(30)33)28(34)35-18-25(31)29-19-14-16-21(17-15-19)36-20-9-5-4-6-10-20/h4-12,14-17,24H,2-3,13,18H2,1H3,(H,29,31)/t24-/m0/s1. The number of anilines is 1. The molecule has 0 unspecified atom stereocenters. The van der Waals surface area contributed by atoms with Gasteiger partial charge in [0.1, 0.15) is 17.5 Å². The summed E-state index contributed by atoms with van der Waals surface area (Å²) < 4.78 is 10.9. The van der Waals surface area contributed by atoms with Gasteiger partial charge in [0.15, 0.2) is 6.61 Å². The van der Waals surface area contributed by atoms with Crippen molar-refractivity contribution >= 4 is 29.4 Å². The third-order valence-electron chi connectivity index (χ3n) is 5.70. The topological polar surface area (TPSA) is 102 Å². The van der Waals surface area contributed by atoms with Crippen molar-refractivity contribution in [1.82, 2.24) is 4.90 Å². The minimum atomic E-state index is -1.10. The number of hydrogen-bond donors (Lipinski definition) is 1. The monoisotopic (exact) mass is 486 g/mol. The van der Waals surface area contributed by atoms with Crippen LogP contribution in [0.2, 0.25) is 0 Å². The van der Waals surface area contributed by atoms with E-state index in [1.165, 1.54) is 0 Å². The van der Waals surface area contributed by atoms with Crippen LogP contribution in [0.25, 0.3) is 0 Å². The van der Waals surface area contributed by atoms with Gasteiger partial charge in [0, 0.05) is 5.69 Å². The lowest BCUT2D eigenvalue weighted by molar-refractivity contribution is -0.151. The van der Waals surface area contributed by atoms with Crippen LogP contribution < -0.4 is 10.1 Å². The van der Waals surface area contributed by atoms with E-state index in [-0.39, 0.29) is 17.5 Å². The molecule has 0 radical (unpaired) electrons. The zero-order valence-corrected chi connectivity index (χ0v) is 19.8. The van der Waals surface area contributed by atoms with Crippen molar-refractivity contribution in [2.45, 2.75) is 32.2 Å². The predicted molar refractivity (Wildman–Crippen MR) is 133 cm³/mol. The van der Waals surface area contributed by atoms with Crippen LogP contribution in [0.3, 0.4) is 0 Å². The molecule has 0 bridgehead atoms. The molecular weight excluding hydrogens is 460 g/mol. The highest BCUT2D eigenvalue weighted by Crippen LogP contribution is 2.27. The first-order valence-corrected chi connectivity index (χ1v) is 11.7. The molecule has 0 saturated heterocycles. The second-order valence-corrected chi connectivity index (χ2v) is 8.28. The van der Waals surface area contributed by atoms with E-state index in [1.807, 2.05) is 37.3 Å². The Morgan fingerprint density at radius 2 is 1.42 bits per heavy atom. The van der Waals surface area contributed by atoms with E-state index in [1.54, 1.807) is 48.5 Å². The first-order chi connectivity index (χ1) is 17.5. The quantitative estimate of drug-likeness (QED) is 0.326. The molecule has 0 fully saturated rings. The number of rotatable bonds is 10. The summed E-state index contributed by atoms with van der Waals surface area (Å²) in [4.78, 5) is 51.9. The van der Waals surface area contributed by atoms with E-state index in [2.05, 4.69) is 5.32 Å². The van der Waals surface area contributed by atoms with Gasteiger partial charge in [-0.05, 0) is 55.0 Å². The zero-order valence-electron chi connectivity index (χ0n) is 19.8. The van der Waals surface area contributed by atoms with Crippen molar-refractivity contribution in [3.8, 4) is 11.5 Å². The average molecular weight is 487 g/mol. The maximum absolute atomic E-state index is 12.9. The number of carbonyl (C=O) groups is 4. The number of unbranched alkanes of at least 4 members (excludes halogenated alkanes) is 1. The average Bonchev–Trinajstić information content (AvgIpc) is 3.15. The van der Waals surface area contributed by atoms with Crippen molar-refractivity contribution in [3.05, 3.63) is 90.0 Å². The van der Waals surface area contributed by atoms with Crippen LogP contribution in [0, 0.1) is 0 Å². The molecule has 4 rings (SSSR count). The number of fused-ring (bicyclic) bond motifs is 1. The molecule has 36 heavy (non-hydrogen) atoms. The van der Waals surface area contributed by atoms with E-state index >= 15 is 0 Å². The number of ether oxygens (including phenoxy) is 2. The number of imide groups is 1. The minimum Gasteiger partial charge on any atom is -0.457 e. The third kappa shape index (κ3) is 5.60. The largest absolute Gasteiger partial charge is 0.457 e. The second kappa shape index (κ2) is 11.3. The highest BCUT2D eigenvalue weighted by molar-refractivity contribution is 6.22. The highest BCUT2D eigenvalue weighted by Gasteiger charge is 2.43. The van der Waals surface area contributed by atoms with Gasteiger partial charge in [-0.1, -0.05) is 50.1 Å². The Kier molecular flexibility index (Phi) is 7.75. The van der Waals surface area contributed by atoms with Gasteiger partial charge in [-0.15, -0.1) is 0 Å². The van der Waals surface area contributed by atoms with Crippen molar-refractivity contribution < 1.29 is 28.7 Å².